The molecule has 3 heterocycles. The first-order valence-electron chi connectivity index (χ1n) is 8.33. The van der Waals surface area contributed by atoms with Crippen LogP contribution in [0.25, 0.3) is 10.2 Å². The number of amides is 1. The van der Waals surface area contributed by atoms with Crippen LogP contribution in [0.2, 0.25) is 5.02 Å². The second-order valence-electron chi connectivity index (χ2n) is 6.59. The van der Waals surface area contributed by atoms with Gasteiger partial charge in [-0.05, 0) is 31.0 Å². The van der Waals surface area contributed by atoms with Crippen molar-refractivity contribution in [2.75, 3.05) is 38.7 Å². The van der Waals surface area contributed by atoms with E-state index in [1.165, 1.54) is 11.3 Å². The summed E-state index contributed by atoms with van der Waals surface area (Å²) in [4.78, 5) is 18.9. The van der Waals surface area contributed by atoms with Crippen LogP contribution >= 0.6 is 22.9 Å². The minimum atomic E-state index is -0.248. The van der Waals surface area contributed by atoms with Crippen molar-refractivity contribution in [3.05, 3.63) is 23.2 Å². The lowest BCUT2D eigenvalue weighted by Gasteiger charge is -2.28. The fraction of sp³-hybridized carbons (Fsp3) is 0.529. The number of ether oxygens (including phenoxy) is 2. The van der Waals surface area contributed by atoms with Crippen LogP contribution < -0.4 is 5.32 Å². The first-order chi connectivity index (χ1) is 12.1. The molecule has 0 saturated carbocycles. The van der Waals surface area contributed by atoms with Gasteiger partial charge in [-0.1, -0.05) is 22.9 Å². The lowest BCUT2D eigenvalue weighted by atomic mass is 9.97. The van der Waals surface area contributed by atoms with Crippen LogP contribution in [0.3, 0.4) is 0 Å². The van der Waals surface area contributed by atoms with Gasteiger partial charge in [0.15, 0.2) is 5.13 Å². The minimum Gasteiger partial charge on any atom is -0.377 e. The Morgan fingerprint density at radius 1 is 1.60 bits per heavy atom. The Labute approximate surface area is 155 Å². The standard InChI is InChI=1S/C17H20ClN3O3S/c1-23-14-8-21(10-17(14)5-2-6-24-17)9-15(22)20-16-19-12-4-3-11(18)7-13(12)25-16/h3-4,7,14H,2,5-6,8-10H2,1H3,(H,19,20,22)/t14-,17-/m1/s1. The number of aromatic nitrogens is 1. The molecule has 2 fully saturated rings. The van der Waals surface area contributed by atoms with Crippen molar-refractivity contribution in [3.8, 4) is 0 Å². The number of fused-ring (bicyclic) bond motifs is 1. The van der Waals surface area contributed by atoms with Gasteiger partial charge in [0.1, 0.15) is 5.60 Å². The summed E-state index contributed by atoms with van der Waals surface area (Å²) in [6.45, 7) is 2.52. The summed E-state index contributed by atoms with van der Waals surface area (Å²) in [5.41, 5.74) is 0.588. The topological polar surface area (TPSA) is 63.7 Å². The number of carbonyl (C=O) groups excluding carboxylic acids is 1. The summed E-state index contributed by atoms with van der Waals surface area (Å²) in [7, 11) is 1.71. The number of carbonyl (C=O) groups is 1. The zero-order valence-electron chi connectivity index (χ0n) is 14.0. The summed E-state index contributed by atoms with van der Waals surface area (Å²) in [5.74, 6) is -0.0740. The van der Waals surface area contributed by atoms with Crippen molar-refractivity contribution >= 4 is 44.2 Å². The summed E-state index contributed by atoms with van der Waals surface area (Å²) in [5, 5.41) is 4.15. The van der Waals surface area contributed by atoms with Crippen LogP contribution in [0.15, 0.2) is 18.2 Å². The molecule has 1 aromatic carbocycles. The highest BCUT2D eigenvalue weighted by molar-refractivity contribution is 7.22. The number of nitrogens with one attached hydrogen (secondary N) is 1. The number of nitrogens with zero attached hydrogens (tertiary/aromatic N) is 2. The Hall–Kier alpha value is -1.25. The number of hydrogen-bond donors (Lipinski definition) is 1. The van der Waals surface area contributed by atoms with Crippen LogP contribution in [0, 0.1) is 0 Å². The predicted molar refractivity (Wildman–Crippen MR) is 98.4 cm³/mol. The molecule has 2 aliphatic rings. The Kier molecular flexibility index (Phi) is 4.68. The summed E-state index contributed by atoms with van der Waals surface area (Å²) < 4.78 is 12.5. The van der Waals surface area contributed by atoms with Crippen molar-refractivity contribution in [2.24, 2.45) is 0 Å². The number of likely N-dealkylation sites (tertiary alicyclic amines) is 1. The number of halogens is 1. The van der Waals surface area contributed by atoms with E-state index in [1.54, 1.807) is 13.2 Å². The van der Waals surface area contributed by atoms with E-state index in [2.05, 4.69) is 15.2 Å². The van der Waals surface area contributed by atoms with Gasteiger partial charge in [-0.3, -0.25) is 9.69 Å². The monoisotopic (exact) mass is 381 g/mol. The fourth-order valence-electron chi connectivity index (χ4n) is 3.77. The Balaban J connectivity index is 1.40. The third kappa shape index (κ3) is 3.39. The van der Waals surface area contributed by atoms with E-state index < -0.39 is 0 Å². The molecule has 0 bridgehead atoms. The molecule has 2 saturated heterocycles. The third-order valence-corrected chi connectivity index (χ3v) is 6.05. The van der Waals surface area contributed by atoms with Gasteiger partial charge in [0.2, 0.25) is 5.91 Å². The van der Waals surface area contributed by atoms with Gasteiger partial charge in [-0.2, -0.15) is 0 Å². The molecule has 0 unspecified atom stereocenters. The molecule has 0 radical (unpaired) electrons. The average Bonchev–Trinajstić information content (AvgIpc) is 3.26. The zero-order valence-corrected chi connectivity index (χ0v) is 15.5. The highest BCUT2D eigenvalue weighted by Crippen LogP contribution is 2.36. The third-order valence-electron chi connectivity index (χ3n) is 4.88. The molecule has 1 N–H and O–H groups in total. The normalized spacial score (nSPS) is 26.7. The average molecular weight is 382 g/mol. The Morgan fingerprint density at radius 3 is 3.24 bits per heavy atom. The molecule has 4 rings (SSSR count). The van der Waals surface area contributed by atoms with E-state index in [0.29, 0.717) is 23.2 Å². The molecule has 1 aromatic heterocycles. The SMILES string of the molecule is CO[C@@H]1CN(CC(=O)Nc2nc3ccc(Cl)cc3s2)C[C@]12CCCO2. The first-order valence-corrected chi connectivity index (χ1v) is 9.52. The molecule has 2 aliphatic heterocycles. The Morgan fingerprint density at radius 2 is 2.48 bits per heavy atom. The van der Waals surface area contributed by atoms with Crippen LogP contribution in [-0.4, -0.2) is 60.8 Å². The van der Waals surface area contributed by atoms with Gasteiger partial charge < -0.3 is 14.8 Å². The maximum Gasteiger partial charge on any atom is 0.240 e. The van der Waals surface area contributed by atoms with Crippen molar-refractivity contribution in [2.45, 2.75) is 24.5 Å². The maximum absolute atomic E-state index is 12.4. The van der Waals surface area contributed by atoms with E-state index in [0.717, 1.165) is 36.2 Å². The molecule has 6 nitrogen and oxygen atoms in total. The van der Waals surface area contributed by atoms with Gasteiger partial charge >= 0.3 is 0 Å². The van der Waals surface area contributed by atoms with Crippen molar-refractivity contribution in [1.82, 2.24) is 9.88 Å². The molecular formula is C17H20ClN3O3S. The number of rotatable bonds is 4. The molecule has 1 spiro atoms. The first kappa shape index (κ1) is 17.2. The van der Waals surface area contributed by atoms with Crippen LogP contribution in [0.1, 0.15) is 12.8 Å². The van der Waals surface area contributed by atoms with Gasteiger partial charge in [0, 0.05) is 31.8 Å². The van der Waals surface area contributed by atoms with E-state index in [4.69, 9.17) is 21.1 Å². The van der Waals surface area contributed by atoms with E-state index in [1.807, 2.05) is 12.1 Å². The van der Waals surface area contributed by atoms with E-state index >= 15 is 0 Å². The highest BCUT2D eigenvalue weighted by Gasteiger charge is 2.50. The molecular weight excluding hydrogens is 362 g/mol. The second-order valence-corrected chi connectivity index (χ2v) is 8.06. The molecule has 2 atom stereocenters. The molecule has 8 heteroatoms. The number of anilines is 1. The van der Waals surface area contributed by atoms with Crippen molar-refractivity contribution in [1.29, 1.82) is 0 Å². The smallest absolute Gasteiger partial charge is 0.240 e. The quantitative estimate of drug-likeness (QED) is 0.882. The number of thiazole rings is 1. The molecule has 25 heavy (non-hydrogen) atoms. The van der Waals surface area contributed by atoms with Gasteiger partial charge in [-0.15, -0.1) is 0 Å². The van der Waals surface area contributed by atoms with Gasteiger partial charge in [-0.25, -0.2) is 4.98 Å². The lowest BCUT2D eigenvalue weighted by Crippen LogP contribution is -2.42. The zero-order chi connectivity index (χ0) is 17.4. The van der Waals surface area contributed by atoms with Gasteiger partial charge in [0.25, 0.3) is 0 Å². The summed E-state index contributed by atoms with van der Waals surface area (Å²) in [6, 6.07) is 5.51. The predicted octanol–water partition coefficient (Wildman–Crippen LogP) is 2.77. The molecule has 2 aromatic rings. The van der Waals surface area contributed by atoms with E-state index in [9.17, 15) is 4.79 Å². The van der Waals surface area contributed by atoms with Crippen LogP contribution in [-0.2, 0) is 14.3 Å². The Bertz CT molecular complexity index is 791. The number of hydrogen-bond acceptors (Lipinski definition) is 6. The largest absolute Gasteiger partial charge is 0.377 e. The lowest BCUT2D eigenvalue weighted by molar-refractivity contribution is -0.117. The number of methoxy groups -OCH3 is 1. The molecule has 1 amide bonds. The summed E-state index contributed by atoms with van der Waals surface area (Å²) in [6.07, 6.45) is 2.06. The van der Waals surface area contributed by atoms with Crippen LogP contribution in [0.5, 0.6) is 0 Å². The van der Waals surface area contributed by atoms with E-state index in [-0.39, 0.29) is 17.6 Å². The second kappa shape index (κ2) is 6.81. The summed E-state index contributed by atoms with van der Waals surface area (Å²) >= 11 is 7.42. The van der Waals surface area contributed by atoms with Crippen molar-refractivity contribution in [3.63, 3.8) is 0 Å². The molecule has 0 aliphatic carbocycles. The van der Waals surface area contributed by atoms with Gasteiger partial charge in [0.05, 0.1) is 22.9 Å². The fourth-order valence-corrected chi connectivity index (χ4v) is 4.93. The van der Waals surface area contributed by atoms with Crippen LogP contribution in [0.4, 0.5) is 5.13 Å². The van der Waals surface area contributed by atoms with Crippen molar-refractivity contribution < 1.29 is 14.3 Å². The highest BCUT2D eigenvalue weighted by atomic mass is 35.5. The molecule has 134 valence electrons. The number of benzene rings is 1. The maximum atomic E-state index is 12.4. The minimum absolute atomic E-state index is 0.0207.